The maximum Gasteiger partial charge on any atom is 0.343 e. The van der Waals surface area contributed by atoms with E-state index in [1.165, 1.54) is 62.4 Å². The molecule has 0 heterocycles. The molecule has 3 aromatic carbocycles. The van der Waals surface area contributed by atoms with Gasteiger partial charge in [0.2, 0.25) is 0 Å². The molecule has 7 heteroatoms. The molecule has 0 saturated carbocycles. The van der Waals surface area contributed by atoms with Gasteiger partial charge in [-0.1, -0.05) is 57.0 Å². The molecule has 0 aliphatic rings. The van der Waals surface area contributed by atoms with Crippen LogP contribution in [0.1, 0.15) is 78.1 Å². The summed E-state index contributed by atoms with van der Waals surface area (Å²) in [7, 11) is 0. The molecule has 0 saturated heterocycles. The van der Waals surface area contributed by atoms with Crippen LogP contribution in [-0.2, 0) is 0 Å². The molecule has 0 aliphatic carbocycles. The third-order valence-corrected chi connectivity index (χ3v) is 5.96. The number of rotatable bonds is 13. The molecule has 0 fully saturated rings. The first-order valence-corrected chi connectivity index (χ1v) is 12.8. The van der Waals surface area contributed by atoms with Crippen LogP contribution < -0.4 is 14.2 Å². The molecule has 6 nitrogen and oxygen atoms in total. The normalized spacial score (nSPS) is 10.4. The zero-order chi connectivity index (χ0) is 26.5. The van der Waals surface area contributed by atoms with Crippen LogP contribution in [0.2, 0.25) is 5.02 Å². The Labute approximate surface area is 222 Å². The molecule has 0 aromatic heterocycles. The van der Waals surface area contributed by atoms with Gasteiger partial charge in [-0.25, -0.2) is 9.59 Å². The van der Waals surface area contributed by atoms with Gasteiger partial charge in [0.15, 0.2) is 0 Å². The topological polar surface area (TPSA) is 85.6 Å². The number of carbonyl (C=O) groups excluding carboxylic acids is 2. The number of ether oxygens (including phenoxy) is 3. The monoisotopic (exact) mass is 519 g/mol. The van der Waals surface area contributed by atoms with Gasteiger partial charge in [-0.15, -0.1) is 0 Å². The van der Waals surface area contributed by atoms with Crippen molar-refractivity contribution in [3.63, 3.8) is 0 Å². The van der Waals surface area contributed by atoms with Crippen LogP contribution in [0, 0.1) is 11.3 Å². The SMILES string of the molecule is CCCCCCCCCOc1ccc(C(=O)Oc2ccc(C(=O)Oc3ccc(C#N)cc3)cc2)cc1Cl. The molecule has 0 aliphatic heterocycles. The maximum absolute atomic E-state index is 12.6. The highest BCUT2D eigenvalue weighted by Gasteiger charge is 2.14. The van der Waals surface area contributed by atoms with E-state index in [0.29, 0.717) is 28.7 Å². The van der Waals surface area contributed by atoms with E-state index in [-0.39, 0.29) is 16.9 Å². The van der Waals surface area contributed by atoms with E-state index in [1.54, 1.807) is 36.4 Å². The van der Waals surface area contributed by atoms with E-state index in [4.69, 9.17) is 31.1 Å². The number of carbonyl (C=O) groups is 2. The molecular weight excluding hydrogens is 490 g/mol. The molecular formula is C30H30ClNO5. The van der Waals surface area contributed by atoms with Gasteiger partial charge in [0.25, 0.3) is 0 Å². The Bertz CT molecular complexity index is 1220. The molecule has 3 rings (SSSR count). The largest absolute Gasteiger partial charge is 0.492 e. The van der Waals surface area contributed by atoms with E-state index in [0.717, 1.165) is 12.8 Å². The second kappa shape index (κ2) is 14.7. The van der Waals surface area contributed by atoms with Crippen LogP contribution >= 0.6 is 11.6 Å². The van der Waals surface area contributed by atoms with Crippen molar-refractivity contribution in [2.45, 2.75) is 51.9 Å². The second-order valence-corrected chi connectivity index (χ2v) is 8.96. The summed E-state index contributed by atoms with van der Waals surface area (Å²) in [4.78, 5) is 24.9. The lowest BCUT2D eigenvalue weighted by molar-refractivity contribution is 0.0730. The molecule has 0 atom stereocenters. The summed E-state index contributed by atoms with van der Waals surface area (Å²) in [5, 5.41) is 9.19. The molecule has 0 amide bonds. The number of unbranched alkanes of at least 4 members (excludes halogenated alkanes) is 6. The quantitative estimate of drug-likeness (QED) is 0.130. The Morgan fingerprint density at radius 1 is 0.757 bits per heavy atom. The summed E-state index contributed by atoms with van der Waals surface area (Å²) in [6.45, 7) is 2.79. The van der Waals surface area contributed by atoms with Gasteiger partial charge in [-0.2, -0.15) is 5.26 Å². The molecule has 0 radical (unpaired) electrons. The Hall–Kier alpha value is -3.82. The first-order chi connectivity index (χ1) is 18.0. The highest BCUT2D eigenvalue weighted by Crippen LogP contribution is 2.27. The molecule has 0 spiro atoms. The predicted molar refractivity (Wildman–Crippen MR) is 142 cm³/mol. The van der Waals surface area contributed by atoms with E-state index < -0.39 is 11.9 Å². The maximum atomic E-state index is 12.6. The van der Waals surface area contributed by atoms with Crippen molar-refractivity contribution in [2.24, 2.45) is 0 Å². The number of esters is 2. The summed E-state index contributed by atoms with van der Waals surface area (Å²) >= 11 is 6.31. The number of hydrogen-bond donors (Lipinski definition) is 0. The number of nitrogens with zero attached hydrogens (tertiary/aromatic N) is 1. The smallest absolute Gasteiger partial charge is 0.343 e. The van der Waals surface area contributed by atoms with Crippen LogP contribution in [0.3, 0.4) is 0 Å². The van der Waals surface area contributed by atoms with Crippen molar-refractivity contribution in [1.29, 1.82) is 5.26 Å². The summed E-state index contributed by atoms with van der Waals surface area (Å²) in [6, 6.07) is 19.0. The molecule has 192 valence electrons. The van der Waals surface area contributed by atoms with Crippen LogP contribution in [0.15, 0.2) is 66.7 Å². The number of nitriles is 1. The summed E-state index contributed by atoms with van der Waals surface area (Å²) in [6.07, 6.45) is 8.38. The fourth-order valence-electron chi connectivity index (χ4n) is 3.57. The number of halogens is 1. The van der Waals surface area contributed by atoms with Crippen molar-refractivity contribution < 1.29 is 23.8 Å². The molecule has 0 bridgehead atoms. The van der Waals surface area contributed by atoms with Crippen LogP contribution in [0.4, 0.5) is 0 Å². The Balaban J connectivity index is 1.47. The minimum absolute atomic E-state index is 0.273. The number of hydrogen-bond acceptors (Lipinski definition) is 6. The minimum atomic E-state index is -0.576. The average Bonchev–Trinajstić information content (AvgIpc) is 2.91. The first kappa shape index (κ1) is 27.8. The average molecular weight is 520 g/mol. The third kappa shape index (κ3) is 8.96. The molecule has 3 aromatic rings. The molecule has 0 unspecified atom stereocenters. The lowest BCUT2D eigenvalue weighted by Gasteiger charge is -2.10. The number of benzene rings is 3. The zero-order valence-corrected chi connectivity index (χ0v) is 21.6. The summed E-state index contributed by atoms with van der Waals surface area (Å²) < 4.78 is 16.5. The van der Waals surface area contributed by atoms with Gasteiger partial charge in [0.05, 0.1) is 34.4 Å². The van der Waals surface area contributed by atoms with E-state index >= 15 is 0 Å². The molecule has 0 N–H and O–H groups in total. The zero-order valence-electron chi connectivity index (χ0n) is 20.9. The van der Waals surface area contributed by atoms with Crippen molar-refractivity contribution in [3.05, 3.63) is 88.4 Å². The van der Waals surface area contributed by atoms with Crippen molar-refractivity contribution in [1.82, 2.24) is 0 Å². The van der Waals surface area contributed by atoms with Crippen molar-refractivity contribution >= 4 is 23.5 Å². The highest BCUT2D eigenvalue weighted by atomic mass is 35.5. The minimum Gasteiger partial charge on any atom is -0.492 e. The second-order valence-electron chi connectivity index (χ2n) is 8.55. The fraction of sp³-hybridized carbons (Fsp3) is 0.300. The standard InChI is InChI=1S/C30H30ClNO5/c1-2-3-4-5-6-7-8-19-35-28-18-13-24(20-27(28)31)30(34)37-26-16-11-23(12-17-26)29(33)36-25-14-9-22(21-32)10-15-25/h9-18,20H,2-8,19H2,1H3. The van der Waals surface area contributed by atoms with Crippen LogP contribution in [0.25, 0.3) is 0 Å². The Morgan fingerprint density at radius 3 is 1.89 bits per heavy atom. The first-order valence-electron chi connectivity index (χ1n) is 12.5. The summed E-state index contributed by atoms with van der Waals surface area (Å²) in [5.74, 6) is -0.00857. The highest BCUT2D eigenvalue weighted by molar-refractivity contribution is 6.32. The van der Waals surface area contributed by atoms with E-state index in [1.807, 2.05) is 6.07 Å². The third-order valence-electron chi connectivity index (χ3n) is 5.67. The Kier molecular flexibility index (Phi) is 11.0. The Morgan fingerprint density at radius 2 is 1.30 bits per heavy atom. The summed E-state index contributed by atoms with van der Waals surface area (Å²) in [5.41, 5.74) is 1.05. The van der Waals surface area contributed by atoms with E-state index in [2.05, 4.69) is 6.92 Å². The van der Waals surface area contributed by atoms with Gasteiger partial charge >= 0.3 is 11.9 Å². The van der Waals surface area contributed by atoms with Crippen molar-refractivity contribution in [2.75, 3.05) is 6.61 Å². The van der Waals surface area contributed by atoms with Crippen LogP contribution in [-0.4, -0.2) is 18.5 Å². The fourth-order valence-corrected chi connectivity index (χ4v) is 3.81. The van der Waals surface area contributed by atoms with Gasteiger partial charge in [-0.05, 0) is 73.2 Å². The van der Waals surface area contributed by atoms with Gasteiger partial charge in [-0.3, -0.25) is 0 Å². The lowest BCUT2D eigenvalue weighted by atomic mass is 10.1. The van der Waals surface area contributed by atoms with Gasteiger partial charge in [0.1, 0.15) is 17.2 Å². The van der Waals surface area contributed by atoms with Gasteiger partial charge < -0.3 is 14.2 Å². The molecule has 37 heavy (non-hydrogen) atoms. The predicted octanol–water partition coefficient (Wildman–Crippen LogP) is 7.78. The van der Waals surface area contributed by atoms with Crippen molar-refractivity contribution in [3.8, 4) is 23.3 Å². The van der Waals surface area contributed by atoms with E-state index in [9.17, 15) is 9.59 Å². The van der Waals surface area contributed by atoms with Gasteiger partial charge in [0, 0.05) is 0 Å². The van der Waals surface area contributed by atoms with Crippen LogP contribution in [0.5, 0.6) is 17.2 Å². The lowest BCUT2D eigenvalue weighted by Crippen LogP contribution is -2.10.